The van der Waals surface area contributed by atoms with E-state index in [1.54, 1.807) is 12.1 Å². The van der Waals surface area contributed by atoms with Crippen LogP contribution >= 0.6 is 0 Å². The molecule has 4 nitrogen and oxygen atoms in total. The molecule has 1 saturated heterocycles. The zero-order chi connectivity index (χ0) is 18.5. The van der Waals surface area contributed by atoms with Gasteiger partial charge >= 0.3 is 5.97 Å². The average molecular weight is 362 g/mol. The Bertz CT molecular complexity index is 911. The molecule has 1 heterocycles. The molecule has 1 aliphatic heterocycles. The van der Waals surface area contributed by atoms with Crippen LogP contribution in [0.1, 0.15) is 28.8 Å². The number of benzene rings is 3. The summed E-state index contributed by atoms with van der Waals surface area (Å²) in [4.78, 5) is 12.1. The third-order valence-electron chi connectivity index (χ3n) is 4.74. The molecule has 138 valence electrons. The van der Waals surface area contributed by atoms with Gasteiger partial charge in [-0.2, -0.15) is 0 Å². The van der Waals surface area contributed by atoms with Gasteiger partial charge in [0.05, 0.1) is 11.7 Å². The predicted octanol–water partition coefficient (Wildman–Crippen LogP) is 4.75. The number of carbonyl (C=O) groups is 1. The molecule has 0 spiro atoms. The third-order valence-corrected chi connectivity index (χ3v) is 4.74. The monoisotopic (exact) mass is 362 g/mol. The minimum atomic E-state index is -0.313. The van der Waals surface area contributed by atoms with Gasteiger partial charge in [-0.25, -0.2) is 4.79 Å². The molecule has 0 N–H and O–H groups in total. The summed E-state index contributed by atoms with van der Waals surface area (Å²) in [5.74, 6) is 0.515. The van der Waals surface area contributed by atoms with Crippen LogP contribution in [0.5, 0.6) is 5.75 Å². The predicted molar refractivity (Wildman–Crippen MR) is 104 cm³/mol. The Hall–Kier alpha value is -2.85. The van der Waals surface area contributed by atoms with E-state index in [-0.39, 0.29) is 12.1 Å². The van der Waals surface area contributed by atoms with Crippen LogP contribution in [0.4, 0.5) is 0 Å². The number of esters is 1. The van der Waals surface area contributed by atoms with Crippen molar-refractivity contribution in [3.8, 4) is 5.75 Å². The molecule has 0 aromatic heterocycles. The topological polar surface area (TPSA) is 44.8 Å². The van der Waals surface area contributed by atoms with Crippen LogP contribution in [0.15, 0.2) is 66.7 Å². The van der Waals surface area contributed by atoms with Gasteiger partial charge in [0.25, 0.3) is 0 Å². The Balaban J connectivity index is 1.32. The van der Waals surface area contributed by atoms with E-state index in [0.717, 1.165) is 36.1 Å². The van der Waals surface area contributed by atoms with E-state index in [4.69, 9.17) is 14.2 Å². The van der Waals surface area contributed by atoms with Crippen LogP contribution in [0, 0.1) is 0 Å². The summed E-state index contributed by atoms with van der Waals surface area (Å²) < 4.78 is 16.7. The molecule has 4 heteroatoms. The van der Waals surface area contributed by atoms with Crippen LogP contribution in [0.25, 0.3) is 10.8 Å². The van der Waals surface area contributed by atoms with E-state index >= 15 is 0 Å². The Morgan fingerprint density at radius 1 is 1.00 bits per heavy atom. The van der Waals surface area contributed by atoms with Crippen molar-refractivity contribution in [2.45, 2.75) is 25.6 Å². The number of hydrogen-bond acceptors (Lipinski definition) is 4. The van der Waals surface area contributed by atoms with Crippen molar-refractivity contribution in [3.05, 3.63) is 77.9 Å². The van der Waals surface area contributed by atoms with E-state index in [0.29, 0.717) is 18.8 Å². The van der Waals surface area contributed by atoms with Crippen molar-refractivity contribution < 1.29 is 19.0 Å². The van der Waals surface area contributed by atoms with Crippen LogP contribution in [0.3, 0.4) is 0 Å². The van der Waals surface area contributed by atoms with Gasteiger partial charge in [-0.3, -0.25) is 0 Å². The fourth-order valence-corrected chi connectivity index (χ4v) is 3.19. The lowest BCUT2D eigenvalue weighted by atomic mass is 10.1. The van der Waals surface area contributed by atoms with Crippen molar-refractivity contribution >= 4 is 16.7 Å². The minimum Gasteiger partial charge on any atom is -0.489 e. The number of carbonyl (C=O) groups excluding carboxylic acids is 1. The molecule has 3 aromatic rings. The van der Waals surface area contributed by atoms with Crippen LogP contribution < -0.4 is 4.74 Å². The molecule has 0 radical (unpaired) electrons. The smallest absolute Gasteiger partial charge is 0.338 e. The van der Waals surface area contributed by atoms with Crippen molar-refractivity contribution in [2.24, 2.45) is 0 Å². The van der Waals surface area contributed by atoms with Crippen molar-refractivity contribution in [2.75, 3.05) is 13.2 Å². The molecule has 0 amide bonds. The van der Waals surface area contributed by atoms with Crippen LogP contribution in [-0.2, 0) is 16.1 Å². The molecule has 1 fully saturated rings. The molecular weight excluding hydrogens is 340 g/mol. The fourth-order valence-electron chi connectivity index (χ4n) is 3.19. The molecule has 3 aromatic carbocycles. The molecule has 0 saturated carbocycles. The van der Waals surface area contributed by atoms with Gasteiger partial charge in [-0.05, 0) is 53.4 Å². The highest BCUT2D eigenvalue weighted by atomic mass is 16.6. The van der Waals surface area contributed by atoms with Crippen LogP contribution in [0.2, 0.25) is 0 Å². The Labute approximate surface area is 158 Å². The molecule has 0 bridgehead atoms. The molecule has 27 heavy (non-hydrogen) atoms. The summed E-state index contributed by atoms with van der Waals surface area (Å²) in [6, 6.07) is 21.6. The Morgan fingerprint density at radius 3 is 2.59 bits per heavy atom. The molecular formula is C23H22O4. The first kappa shape index (κ1) is 17.6. The van der Waals surface area contributed by atoms with Crippen molar-refractivity contribution in [1.82, 2.24) is 0 Å². The standard InChI is InChI=1S/C23H22O4/c24-23(27-16-22-6-3-13-25-22)19-9-7-17(8-10-19)15-26-21-12-11-18-4-1-2-5-20(18)14-21/h1-2,4-5,7-12,14,22H,3,6,13,15-16H2/t22-/m0/s1. The van der Waals surface area contributed by atoms with E-state index < -0.39 is 0 Å². The molecule has 1 aliphatic rings. The maximum atomic E-state index is 12.1. The summed E-state index contributed by atoms with van der Waals surface area (Å²) >= 11 is 0. The zero-order valence-corrected chi connectivity index (χ0v) is 15.1. The number of fused-ring (bicyclic) bond motifs is 1. The summed E-state index contributed by atoms with van der Waals surface area (Å²) in [5, 5.41) is 2.34. The van der Waals surface area contributed by atoms with E-state index in [2.05, 4.69) is 18.2 Å². The number of hydrogen-bond donors (Lipinski definition) is 0. The largest absolute Gasteiger partial charge is 0.489 e. The van der Waals surface area contributed by atoms with Gasteiger partial charge in [0.1, 0.15) is 19.0 Å². The lowest BCUT2D eigenvalue weighted by Gasteiger charge is -2.11. The Kier molecular flexibility index (Phi) is 5.35. The lowest BCUT2D eigenvalue weighted by molar-refractivity contribution is 0.0161. The highest BCUT2D eigenvalue weighted by Gasteiger charge is 2.18. The number of ether oxygens (including phenoxy) is 3. The maximum absolute atomic E-state index is 12.1. The van der Waals surface area contributed by atoms with E-state index in [1.807, 2.05) is 36.4 Å². The fraction of sp³-hybridized carbons (Fsp3) is 0.261. The first-order valence-electron chi connectivity index (χ1n) is 9.27. The highest BCUT2D eigenvalue weighted by Crippen LogP contribution is 2.21. The van der Waals surface area contributed by atoms with Crippen molar-refractivity contribution in [1.29, 1.82) is 0 Å². The summed E-state index contributed by atoms with van der Waals surface area (Å²) in [7, 11) is 0. The van der Waals surface area contributed by atoms with Gasteiger partial charge < -0.3 is 14.2 Å². The number of rotatable bonds is 6. The average Bonchev–Trinajstić information content (AvgIpc) is 3.24. The lowest BCUT2D eigenvalue weighted by Crippen LogP contribution is -2.17. The second-order valence-electron chi connectivity index (χ2n) is 6.73. The summed E-state index contributed by atoms with van der Waals surface area (Å²) in [6.45, 7) is 1.53. The zero-order valence-electron chi connectivity index (χ0n) is 15.1. The SMILES string of the molecule is O=C(OC[C@@H]1CCCO1)c1ccc(COc2ccc3ccccc3c2)cc1. The van der Waals surface area contributed by atoms with E-state index in [9.17, 15) is 4.79 Å². The van der Waals surface area contributed by atoms with Gasteiger partial charge in [0.2, 0.25) is 0 Å². The summed E-state index contributed by atoms with van der Waals surface area (Å²) in [5.41, 5.74) is 1.54. The van der Waals surface area contributed by atoms with Gasteiger partial charge in [0, 0.05) is 6.61 Å². The Morgan fingerprint density at radius 2 is 1.81 bits per heavy atom. The van der Waals surface area contributed by atoms with E-state index in [1.165, 1.54) is 5.39 Å². The molecule has 1 atom stereocenters. The second-order valence-corrected chi connectivity index (χ2v) is 6.73. The maximum Gasteiger partial charge on any atom is 0.338 e. The quantitative estimate of drug-likeness (QED) is 0.593. The molecule has 4 rings (SSSR count). The third kappa shape index (κ3) is 4.47. The van der Waals surface area contributed by atoms with Gasteiger partial charge in [0.15, 0.2) is 0 Å². The second kappa shape index (κ2) is 8.23. The van der Waals surface area contributed by atoms with Crippen LogP contribution in [-0.4, -0.2) is 25.3 Å². The van der Waals surface area contributed by atoms with Crippen molar-refractivity contribution in [3.63, 3.8) is 0 Å². The molecule has 0 aliphatic carbocycles. The first-order chi connectivity index (χ1) is 13.3. The molecule has 0 unspecified atom stereocenters. The van der Waals surface area contributed by atoms with Gasteiger partial charge in [-0.15, -0.1) is 0 Å². The first-order valence-corrected chi connectivity index (χ1v) is 9.27. The van der Waals surface area contributed by atoms with Gasteiger partial charge in [-0.1, -0.05) is 42.5 Å². The summed E-state index contributed by atoms with van der Waals surface area (Å²) in [6.07, 6.45) is 2.04. The normalized spacial score (nSPS) is 16.4. The highest BCUT2D eigenvalue weighted by molar-refractivity contribution is 5.89. The minimum absolute atomic E-state index is 0.0450.